The molecular formula is C42H45N9O10. The molecule has 0 bridgehead atoms. The largest absolute Gasteiger partial charge is 0.497 e. The highest BCUT2D eigenvalue weighted by Crippen LogP contribution is 2.41. The van der Waals surface area contributed by atoms with Gasteiger partial charge >= 0.3 is 11.4 Å². The predicted octanol–water partition coefficient (Wildman–Crippen LogP) is 0.554. The molecule has 3 N–H and O–H groups in total. The molecule has 19 heteroatoms. The van der Waals surface area contributed by atoms with Gasteiger partial charge in [-0.3, -0.25) is 43.0 Å². The third kappa shape index (κ3) is 10.6. The molecule has 0 aliphatic rings. The van der Waals surface area contributed by atoms with E-state index in [1.807, 2.05) is 78.9 Å². The number of H-pyrrole nitrogens is 2. The minimum atomic E-state index is -1.17. The lowest BCUT2D eigenvalue weighted by Crippen LogP contribution is -2.42. The van der Waals surface area contributed by atoms with Crippen molar-refractivity contribution in [2.45, 2.75) is 31.8 Å². The Morgan fingerprint density at radius 1 is 0.689 bits per heavy atom. The molecule has 3 aromatic heterocycles. The van der Waals surface area contributed by atoms with Crippen molar-refractivity contribution >= 4 is 11.8 Å². The lowest BCUT2D eigenvalue weighted by molar-refractivity contribution is -0.134. The fourth-order valence-corrected chi connectivity index (χ4v) is 6.72. The van der Waals surface area contributed by atoms with Crippen LogP contribution in [0, 0.1) is 0 Å². The van der Waals surface area contributed by atoms with Crippen molar-refractivity contribution in [1.29, 1.82) is 0 Å². The third-order valence-corrected chi connectivity index (χ3v) is 9.87. The third-order valence-electron chi connectivity index (χ3n) is 9.87. The highest BCUT2D eigenvalue weighted by atomic mass is 16.5. The van der Waals surface area contributed by atoms with Gasteiger partial charge in [0.05, 0.1) is 46.7 Å². The van der Waals surface area contributed by atoms with Gasteiger partial charge in [-0.05, 0) is 41.0 Å². The predicted molar refractivity (Wildman–Crippen MR) is 220 cm³/mol. The van der Waals surface area contributed by atoms with Crippen LogP contribution < -0.4 is 32.0 Å². The summed E-state index contributed by atoms with van der Waals surface area (Å²) < 4.78 is 21.5. The summed E-state index contributed by atoms with van der Waals surface area (Å²) in [4.78, 5) is 82.2. The zero-order valence-electron chi connectivity index (χ0n) is 33.5. The van der Waals surface area contributed by atoms with Crippen molar-refractivity contribution in [3.05, 3.63) is 174 Å². The zero-order valence-corrected chi connectivity index (χ0v) is 33.5. The maximum Gasteiger partial charge on any atom is 0.328 e. The molecule has 0 aliphatic heterocycles. The molecule has 3 heterocycles. The van der Waals surface area contributed by atoms with Crippen LogP contribution in [0.3, 0.4) is 0 Å². The number of aliphatic hydroxyl groups is 1. The van der Waals surface area contributed by atoms with Crippen molar-refractivity contribution in [2.75, 3.05) is 47.1 Å². The van der Waals surface area contributed by atoms with E-state index in [1.165, 1.54) is 26.9 Å². The first-order valence-electron chi connectivity index (χ1n) is 19.2. The lowest BCUT2D eigenvalue weighted by atomic mass is 9.80. The van der Waals surface area contributed by atoms with Crippen molar-refractivity contribution in [1.82, 2.24) is 43.9 Å². The van der Waals surface area contributed by atoms with E-state index in [4.69, 9.17) is 14.2 Å². The summed E-state index contributed by atoms with van der Waals surface area (Å²) in [6, 6.07) is 27.0. The average molecular weight is 836 g/mol. The number of ether oxygens (including phenoxy) is 3. The highest BCUT2D eigenvalue weighted by molar-refractivity contribution is 5.76. The number of hydrogen-bond acceptors (Lipinski definition) is 12. The van der Waals surface area contributed by atoms with E-state index >= 15 is 0 Å². The Bertz CT molecular complexity index is 2590. The number of methoxy groups -OCH3 is 2. The molecule has 3 aromatic carbocycles. The number of nitrogens with zero attached hydrogens (tertiary/aromatic N) is 7. The summed E-state index contributed by atoms with van der Waals surface area (Å²) >= 11 is 0. The smallest absolute Gasteiger partial charge is 0.328 e. The monoisotopic (exact) mass is 835 g/mol. The Morgan fingerprint density at radius 3 is 1.72 bits per heavy atom. The van der Waals surface area contributed by atoms with E-state index in [-0.39, 0.29) is 59.0 Å². The molecule has 61 heavy (non-hydrogen) atoms. The summed E-state index contributed by atoms with van der Waals surface area (Å²) in [6.45, 7) is -0.947. The normalized spacial score (nSPS) is 11.3. The molecule has 0 spiro atoms. The van der Waals surface area contributed by atoms with Crippen molar-refractivity contribution < 1.29 is 28.9 Å². The van der Waals surface area contributed by atoms with Crippen LogP contribution in [0.25, 0.3) is 0 Å². The van der Waals surface area contributed by atoms with E-state index in [2.05, 4.69) is 20.3 Å². The van der Waals surface area contributed by atoms with E-state index in [1.54, 1.807) is 20.4 Å². The summed E-state index contributed by atoms with van der Waals surface area (Å²) in [5.74, 6) is 0.347. The molecule has 19 nitrogen and oxygen atoms in total. The summed E-state index contributed by atoms with van der Waals surface area (Å²) in [5.41, 5.74) is -1.10. The molecule has 0 fully saturated rings. The molecule has 6 rings (SSSR count). The molecule has 0 radical (unpaired) electrons. The van der Waals surface area contributed by atoms with Crippen LogP contribution in [-0.4, -0.2) is 108 Å². The maximum atomic E-state index is 14.0. The van der Waals surface area contributed by atoms with Crippen LogP contribution in [0.15, 0.2) is 129 Å². The summed E-state index contributed by atoms with van der Waals surface area (Å²) in [7, 11) is 3.17. The molecule has 6 aromatic rings. The molecule has 0 saturated heterocycles. The van der Waals surface area contributed by atoms with Crippen LogP contribution in [0.4, 0.5) is 0 Å². The Kier molecular flexibility index (Phi) is 14.2. The fourth-order valence-electron chi connectivity index (χ4n) is 6.72. The van der Waals surface area contributed by atoms with Crippen molar-refractivity contribution in [3.8, 4) is 11.5 Å². The number of aromatic nitrogens is 7. The van der Waals surface area contributed by atoms with Gasteiger partial charge < -0.3 is 29.1 Å². The molecule has 0 unspecified atom stereocenters. The number of carbonyl (C=O) groups is 2. The minimum absolute atomic E-state index is 0.0123. The van der Waals surface area contributed by atoms with Gasteiger partial charge in [0, 0.05) is 44.2 Å². The van der Waals surface area contributed by atoms with E-state index in [0.717, 1.165) is 38.0 Å². The standard InChI is InChI=1S/C42H45N9O10/c1-59-34-12-8-31(9-13-34)42(30-6-4-3-5-7-30,32-10-14-35(60-2)15-11-32)61-25-23-47(38(55)28-49-18-16-36(53)43-40(49)57)20-21-51-27-33(45-46-51)26-48(22-24-52)39(56)29-50-19-17-37(54)44-41(50)58/h3-19,27,52H,20-26,28-29H2,1-2H3,(H,43,53,57)(H,44,54,58). The average Bonchev–Trinajstić information content (AvgIpc) is 3.72. The van der Waals surface area contributed by atoms with Crippen LogP contribution in [0.1, 0.15) is 22.4 Å². The first kappa shape index (κ1) is 43.2. The number of aromatic amines is 2. The quantitative estimate of drug-likeness (QED) is 0.0897. The van der Waals surface area contributed by atoms with Crippen LogP contribution in [0.2, 0.25) is 0 Å². The molecule has 0 saturated carbocycles. The van der Waals surface area contributed by atoms with Gasteiger partial charge in [-0.2, -0.15) is 0 Å². The Hall–Kier alpha value is -7.38. The molecule has 0 aliphatic carbocycles. The van der Waals surface area contributed by atoms with Crippen LogP contribution in [-0.2, 0) is 46.1 Å². The second kappa shape index (κ2) is 20.1. The fraction of sp³-hybridized carbons (Fsp3) is 0.286. The van der Waals surface area contributed by atoms with Crippen LogP contribution in [0.5, 0.6) is 11.5 Å². The Morgan fingerprint density at radius 2 is 1.21 bits per heavy atom. The highest BCUT2D eigenvalue weighted by Gasteiger charge is 2.38. The van der Waals surface area contributed by atoms with Crippen LogP contribution >= 0.6 is 0 Å². The maximum absolute atomic E-state index is 14.0. The molecular weight excluding hydrogens is 791 g/mol. The van der Waals surface area contributed by atoms with Gasteiger partial charge in [-0.1, -0.05) is 59.8 Å². The van der Waals surface area contributed by atoms with Crippen molar-refractivity contribution in [3.63, 3.8) is 0 Å². The van der Waals surface area contributed by atoms with E-state index in [9.17, 15) is 33.9 Å². The minimum Gasteiger partial charge on any atom is -0.497 e. The lowest BCUT2D eigenvalue weighted by Gasteiger charge is -2.37. The molecule has 318 valence electrons. The molecule has 2 amide bonds. The van der Waals surface area contributed by atoms with Crippen molar-refractivity contribution in [2.24, 2.45) is 0 Å². The van der Waals surface area contributed by atoms with Gasteiger partial charge in [0.25, 0.3) is 11.1 Å². The summed E-state index contributed by atoms with van der Waals surface area (Å²) in [6.07, 6.45) is 4.04. The number of carbonyl (C=O) groups excluding carboxylic acids is 2. The first-order valence-corrected chi connectivity index (χ1v) is 19.2. The number of amides is 2. The SMILES string of the molecule is COc1ccc(C(OCCN(CCn2cc(CN(CCO)C(=O)Cn3ccc(=O)[nH]c3=O)nn2)C(=O)Cn2ccc(=O)[nH]c2=O)(c2ccccc2)c2ccc(OC)cc2)cc1. The van der Waals surface area contributed by atoms with Gasteiger partial charge in [-0.25, -0.2) is 9.59 Å². The number of nitrogens with one attached hydrogen (secondary N) is 2. The van der Waals surface area contributed by atoms with Gasteiger partial charge in [0.15, 0.2) is 0 Å². The zero-order chi connectivity index (χ0) is 43.4. The number of benzene rings is 3. The first-order chi connectivity index (χ1) is 29.5. The number of rotatable bonds is 20. The van der Waals surface area contributed by atoms with Gasteiger partial charge in [-0.15, -0.1) is 5.10 Å². The van der Waals surface area contributed by atoms with Gasteiger partial charge in [0.2, 0.25) is 11.8 Å². The van der Waals surface area contributed by atoms with Gasteiger partial charge in [0.1, 0.15) is 35.9 Å². The Labute approximate surface area is 348 Å². The number of hydrogen-bond donors (Lipinski definition) is 3. The second-order valence-electron chi connectivity index (χ2n) is 13.7. The van der Waals surface area contributed by atoms with E-state index < -0.39 is 39.9 Å². The van der Waals surface area contributed by atoms with E-state index in [0.29, 0.717) is 17.2 Å². The number of aliphatic hydroxyl groups excluding tert-OH is 1. The molecule has 0 atom stereocenters. The second-order valence-corrected chi connectivity index (χ2v) is 13.7. The topological polar surface area (TPSA) is 229 Å². The Balaban J connectivity index is 1.25. The summed E-state index contributed by atoms with van der Waals surface area (Å²) in [5, 5.41) is 18.0.